The Hall–Kier alpha value is -1.56. The van der Waals surface area contributed by atoms with Crippen molar-refractivity contribution in [1.82, 2.24) is 4.98 Å². The van der Waals surface area contributed by atoms with Gasteiger partial charge >= 0.3 is 5.97 Å². The van der Waals surface area contributed by atoms with Crippen LogP contribution in [-0.2, 0) is 4.79 Å². The van der Waals surface area contributed by atoms with Crippen LogP contribution in [0.25, 0.3) is 6.08 Å². The third-order valence-electron chi connectivity index (χ3n) is 1.65. The van der Waals surface area contributed by atoms with Crippen LogP contribution < -0.4 is 10.5 Å². The quantitative estimate of drug-likeness (QED) is 0.816. The summed E-state index contributed by atoms with van der Waals surface area (Å²) in [7, 11) is 1.47. The molecular formula is C9H9BrN2O3. The van der Waals surface area contributed by atoms with Crippen molar-refractivity contribution in [3.63, 3.8) is 0 Å². The summed E-state index contributed by atoms with van der Waals surface area (Å²) in [5.41, 5.74) is 6.64. The molecule has 5 nitrogen and oxygen atoms in total. The van der Waals surface area contributed by atoms with Gasteiger partial charge in [-0.1, -0.05) is 0 Å². The maximum Gasteiger partial charge on any atom is 0.328 e. The maximum absolute atomic E-state index is 10.3. The topological polar surface area (TPSA) is 85.4 Å². The summed E-state index contributed by atoms with van der Waals surface area (Å²) in [6.07, 6.45) is 3.81. The lowest BCUT2D eigenvalue weighted by Crippen LogP contribution is -1.97. The Balaban J connectivity index is 3.12. The molecule has 80 valence electrons. The molecule has 6 heteroatoms. The van der Waals surface area contributed by atoms with Crippen molar-refractivity contribution in [1.29, 1.82) is 0 Å². The molecule has 0 aliphatic heterocycles. The summed E-state index contributed by atoms with van der Waals surface area (Å²) < 4.78 is 5.44. The minimum absolute atomic E-state index is 0.361. The highest BCUT2D eigenvalue weighted by molar-refractivity contribution is 9.10. The van der Waals surface area contributed by atoms with Crippen molar-refractivity contribution in [3.8, 4) is 5.88 Å². The number of rotatable bonds is 3. The summed E-state index contributed by atoms with van der Waals surface area (Å²) in [6.45, 7) is 0. The second kappa shape index (κ2) is 4.79. The zero-order chi connectivity index (χ0) is 11.4. The first-order valence-corrected chi connectivity index (χ1v) is 4.74. The van der Waals surface area contributed by atoms with Crippen molar-refractivity contribution in [3.05, 3.63) is 22.3 Å². The average Bonchev–Trinajstić information content (AvgIpc) is 2.20. The lowest BCUT2D eigenvalue weighted by atomic mass is 10.2. The van der Waals surface area contributed by atoms with E-state index in [2.05, 4.69) is 20.9 Å². The van der Waals surface area contributed by atoms with Gasteiger partial charge in [0.05, 0.1) is 12.8 Å². The minimum atomic E-state index is -1.04. The predicted molar refractivity (Wildman–Crippen MR) is 59.6 cm³/mol. The van der Waals surface area contributed by atoms with Gasteiger partial charge in [-0.15, -0.1) is 0 Å². The van der Waals surface area contributed by atoms with Crippen molar-refractivity contribution in [2.45, 2.75) is 0 Å². The van der Waals surface area contributed by atoms with Crippen LogP contribution in [0.15, 0.2) is 16.7 Å². The van der Waals surface area contributed by atoms with Crippen molar-refractivity contribution in [2.24, 2.45) is 0 Å². The number of hydrogen-bond acceptors (Lipinski definition) is 4. The third kappa shape index (κ3) is 2.69. The number of halogens is 1. The van der Waals surface area contributed by atoms with Gasteiger partial charge in [0.1, 0.15) is 4.47 Å². The Morgan fingerprint density at radius 3 is 2.93 bits per heavy atom. The first kappa shape index (κ1) is 11.5. The van der Waals surface area contributed by atoms with Crippen LogP contribution in [0, 0.1) is 0 Å². The van der Waals surface area contributed by atoms with E-state index in [-0.39, 0.29) is 0 Å². The molecule has 0 aliphatic rings. The minimum Gasteiger partial charge on any atom is -0.480 e. The molecule has 0 bridgehead atoms. The van der Waals surface area contributed by atoms with Crippen LogP contribution in [0.3, 0.4) is 0 Å². The van der Waals surface area contributed by atoms with Gasteiger partial charge < -0.3 is 15.6 Å². The molecule has 1 heterocycles. The molecule has 1 aromatic rings. The molecule has 0 aliphatic carbocycles. The predicted octanol–water partition coefficient (Wildman–Crippen LogP) is 1.53. The van der Waals surface area contributed by atoms with Gasteiger partial charge in [0.15, 0.2) is 0 Å². The Morgan fingerprint density at radius 1 is 1.73 bits per heavy atom. The highest BCUT2D eigenvalue weighted by Gasteiger charge is 2.08. The number of nitrogen functional groups attached to an aromatic ring is 1. The number of anilines is 1. The number of hydrogen-bond donors (Lipinski definition) is 2. The van der Waals surface area contributed by atoms with Crippen LogP contribution in [0.4, 0.5) is 5.69 Å². The molecule has 15 heavy (non-hydrogen) atoms. The van der Waals surface area contributed by atoms with E-state index in [1.807, 2.05) is 0 Å². The SMILES string of the molecule is COc1ncc(/C=C/C(=O)O)c(N)c1Br. The first-order chi connectivity index (χ1) is 7.06. The molecule has 0 amide bonds. The van der Waals surface area contributed by atoms with Crippen LogP contribution >= 0.6 is 15.9 Å². The number of aromatic nitrogens is 1. The number of aliphatic carboxylic acids is 1. The van der Waals surface area contributed by atoms with E-state index in [0.29, 0.717) is 21.6 Å². The van der Waals surface area contributed by atoms with Crippen molar-refractivity contribution >= 4 is 33.7 Å². The van der Waals surface area contributed by atoms with E-state index in [9.17, 15) is 4.79 Å². The number of nitrogens with zero attached hydrogens (tertiary/aromatic N) is 1. The Bertz CT molecular complexity index is 418. The second-order valence-corrected chi connectivity index (χ2v) is 3.42. The van der Waals surface area contributed by atoms with Crippen LogP contribution in [0.5, 0.6) is 5.88 Å². The van der Waals surface area contributed by atoms with Gasteiger partial charge in [0.2, 0.25) is 5.88 Å². The van der Waals surface area contributed by atoms with Gasteiger partial charge in [-0.2, -0.15) is 0 Å². The van der Waals surface area contributed by atoms with E-state index >= 15 is 0 Å². The average molecular weight is 273 g/mol. The Kier molecular flexibility index (Phi) is 3.68. The highest BCUT2D eigenvalue weighted by Crippen LogP contribution is 2.31. The second-order valence-electron chi connectivity index (χ2n) is 2.62. The molecular weight excluding hydrogens is 264 g/mol. The molecule has 0 fully saturated rings. The summed E-state index contributed by atoms with van der Waals surface area (Å²) in [4.78, 5) is 14.2. The molecule has 1 rings (SSSR count). The van der Waals surface area contributed by atoms with E-state index in [1.54, 1.807) is 0 Å². The van der Waals surface area contributed by atoms with Gasteiger partial charge in [0, 0.05) is 17.8 Å². The normalized spacial score (nSPS) is 10.5. The highest BCUT2D eigenvalue weighted by atomic mass is 79.9. The number of pyridine rings is 1. The number of carboxylic acids is 1. The van der Waals surface area contributed by atoms with E-state index < -0.39 is 5.97 Å². The zero-order valence-electron chi connectivity index (χ0n) is 7.90. The number of carbonyl (C=O) groups is 1. The standard InChI is InChI=1S/C9H9BrN2O3/c1-15-9-7(10)8(11)5(4-12-9)2-3-6(13)14/h2-4H,1H3,(H2,11,12)(H,13,14)/b3-2+. The molecule has 0 saturated heterocycles. The molecule has 3 N–H and O–H groups in total. The molecule has 0 spiro atoms. The fraction of sp³-hybridized carbons (Fsp3) is 0.111. The summed E-state index contributed by atoms with van der Waals surface area (Å²) >= 11 is 3.20. The lowest BCUT2D eigenvalue weighted by molar-refractivity contribution is -0.131. The molecule has 0 atom stereocenters. The van der Waals surface area contributed by atoms with Gasteiger partial charge in [-0.05, 0) is 22.0 Å². The van der Waals surface area contributed by atoms with E-state index in [4.69, 9.17) is 15.6 Å². The molecule has 0 saturated carbocycles. The zero-order valence-corrected chi connectivity index (χ0v) is 9.48. The molecule has 1 aromatic heterocycles. The smallest absolute Gasteiger partial charge is 0.328 e. The molecule has 0 unspecified atom stereocenters. The van der Waals surface area contributed by atoms with Crippen LogP contribution in [0.2, 0.25) is 0 Å². The van der Waals surface area contributed by atoms with Crippen LogP contribution in [0.1, 0.15) is 5.56 Å². The monoisotopic (exact) mass is 272 g/mol. The third-order valence-corrected chi connectivity index (χ3v) is 2.42. The summed E-state index contributed by atoms with van der Waals surface area (Å²) in [5.74, 6) is -0.679. The lowest BCUT2D eigenvalue weighted by Gasteiger charge is -2.06. The summed E-state index contributed by atoms with van der Waals surface area (Å²) in [6, 6.07) is 0. The fourth-order valence-corrected chi connectivity index (χ4v) is 1.43. The number of methoxy groups -OCH3 is 1. The van der Waals surface area contributed by atoms with E-state index in [0.717, 1.165) is 6.08 Å². The maximum atomic E-state index is 10.3. The molecule has 0 aromatic carbocycles. The number of nitrogens with two attached hydrogens (primary N) is 1. The fourth-order valence-electron chi connectivity index (χ4n) is 0.933. The summed E-state index contributed by atoms with van der Waals surface area (Å²) in [5, 5.41) is 8.45. The van der Waals surface area contributed by atoms with Gasteiger partial charge in [-0.3, -0.25) is 0 Å². The number of ether oxygens (including phenoxy) is 1. The molecule has 0 radical (unpaired) electrons. The van der Waals surface area contributed by atoms with Gasteiger partial charge in [-0.25, -0.2) is 9.78 Å². The van der Waals surface area contributed by atoms with Crippen molar-refractivity contribution < 1.29 is 14.6 Å². The van der Waals surface area contributed by atoms with Crippen molar-refractivity contribution in [2.75, 3.05) is 12.8 Å². The Labute approximate surface area is 94.7 Å². The van der Waals surface area contributed by atoms with Crippen LogP contribution in [-0.4, -0.2) is 23.2 Å². The first-order valence-electron chi connectivity index (χ1n) is 3.95. The Morgan fingerprint density at radius 2 is 2.40 bits per heavy atom. The van der Waals surface area contributed by atoms with Gasteiger partial charge in [0.25, 0.3) is 0 Å². The van der Waals surface area contributed by atoms with E-state index in [1.165, 1.54) is 19.4 Å². The number of carboxylic acid groups (broad SMARTS) is 1. The largest absolute Gasteiger partial charge is 0.480 e.